The van der Waals surface area contributed by atoms with Gasteiger partial charge in [0.05, 0.1) is 19.0 Å². The van der Waals surface area contributed by atoms with Crippen LogP contribution in [0, 0.1) is 5.41 Å². The first-order valence-electron chi connectivity index (χ1n) is 3.24. The summed E-state index contributed by atoms with van der Waals surface area (Å²) >= 11 is 0. The van der Waals surface area contributed by atoms with Crippen LogP contribution in [0.15, 0.2) is 0 Å². The van der Waals surface area contributed by atoms with E-state index in [1.807, 2.05) is 0 Å². The van der Waals surface area contributed by atoms with Gasteiger partial charge in [-0.3, -0.25) is 5.41 Å². The number of aliphatic hydroxyl groups excluding tert-OH is 2. The van der Waals surface area contributed by atoms with E-state index in [0.717, 1.165) is 0 Å². The molecule has 0 heterocycles. The average molecular weight is 146 g/mol. The Morgan fingerprint density at radius 1 is 1.30 bits per heavy atom. The summed E-state index contributed by atoms with van der Waals surface area (Å²) < 4.78 is 0. The van der Waals surface area contributed by atoms with Gasteiger partial charge in [0.1, 0.15) is 0 Å². The smallest absolute Gasteiger partial charge is 0.0927 e. The molecule has 10 heavy (non-hydrogen) atoms. The highest BCUT2D eigenvalue weighted by atomic mass is 16.3. The summed E-state index contributed by atoms with van der Waals surface area (Å²) in [6, 6.07) is 0. The van der Waals surface area contributed by atoms with Crippen molar-refractivity contribution in [2.75, 3.05) is 26.3 Å². The molecule has 0 saturated heterocycles. The van der Waals surface area contributed by atoms with Crippen LogP contribution in [-0.4, -0.2) is 47.3 Å². The summed E-state index contributed by atoms with van der Waals surface area (Å²) in [4.78, 5) is 1.61. The van der Waals surface area contributed by atoms with Crippen LogP contribution in [0.3, 0.4) is 0 Å². The Labute approximate surface area is 60.6 Å². The lowest BCUT2D eigenvalue weighted by Gasteiger charge is -2.20. The van der Waals surface area contributed by atoms with Crippen molar-refractivity contribution >= 4 is 5.84 Å². The van der Waals surface area contributed by atoms with Crippen molar-refractivity contribution < 1.29 is 10.2 Å². The quantitative estimate of drug-likeness (QED) is 0.362. The van der Waals surface area contributed by atoms with Gasteiger partial charge in [0.2, 0.25) is 0 Å². The summed E-state index contributed by atoms with van der Waals surface area (Å²) in [5.41, 5.74) is 0. The molecule has 0 rings (SSSR count). The van der Waals surface area contributed by atoms with Crippen molar-refractivity contribution in [3.63, 3.8) is 0 Å². The SMILES string of the molecule is CC(=N)N(CCO)CCO. The minimum Gasteiger partial charge on any atom is -0.395 e. The summed E-state index contributed by atoms with van der Waals surface area (Å²) in [6.45, 7) is 2.53. The molecule has 0 atom stereocenters. The second kappa shape index (κ2) is 5.20. The highest BCUT2D eigenvalue weighted by Gasteiger charge is 2.01. The molecule has 0 bridgehead atoms. The number of rotatable bonds is 4. The van der Waals surface area contributed by atoms with Crippen LogP contribution in [0.1, 0.15) is 6.92 Å². The standard InChI is InChI=1S/C6H14N2O2/c1-6(7)8(2-4-9)3-5-10/h7,9-10H,2-5H2,1H3. The Morgan fingerprint density at radius 2 is 1.70 bits per heavy atom. The minimum atomic E-state index is 0.0240. The number of hydrogen-bond donors (Lipinski definition) is 3. The number of amidine groups is 1. The predicted molar refractivity (Wildman–Crippen MR) is 39.1 cm³/mol. The van der Waals surface area contributed by atoms with Gasteiger partial charge in [0.15, 0.2) is 0 Å². The van der Waals surface area contributed by atoms with Gasteiger partial charge in [-0.1, -0.05) is 0 Å². The average Bonchev–Trinajstić information content (AvgIpc) is 1.87. The molecule has 0 aliphatic heterocycles. The van der Waals surface area contributed by atoms with Gasteiger partial charge < -0.3 is 15.1 Å². The van der Waals surface area contributed by atoms with E-state index in [0.29, 0.717) is 18.9 Å². The fourth-order valence-electron chi connectivity index (χ4n) is 0.689. The van der Waals surface area contributed by atoms with Crippen molar-refractivity contribution in [2.45, 2.75) is 6.92 Å². The molecule has 0 aliphatic carbocycles. The third kappa shape index (κ3) is 3.42. The van der Waals surface area contributed by atoms with Gasteiger partial charge >= 0.3 is 0 Å². The third-order valence-corrected chi connectivity index (χ3v) is 1.21. The number of nitrogens with zero attached hydrogens (tertiary/aromatic N) is 1. The zero-order valence-electron chi connectivity index (χ0n) is 6.17. The monoisotopic (exact) mass is 146 g/mol. The van der Waals surface area contributed by atoms with Gasteiger partial charge in [-0.2, -0.15) is 0 Å². The van der Waals surface area contributed by atoms with Crippen LogP contribution >= 0.6 is 0 Å². The fourth-order valence-corrected chi connectivity index (χ4v) is 0.689. The zero-order chi connectivity index (χ0) is 7.98. The second-order valence-electron chi connectivity index (χ2n) is 2.02. The van der Waals surface area contributed by atoms with Gasteiger partial charge in [0, 0.05) is 13.1 Å². The Hall–Kier alpha value is -0.610. The Bertz CT molecular complexity index is 99.9. The first-order valence-corrected chi connectivity index (χ1v) is 3.24. The lowest BCUT2D eigenvalue weighted by molar-refractivity contribution is 0.211. The Kier molecular flexibility index (Phi) is 4.88. The maximum atomic E-state index is 8.49. The van der Waals surface area contributed by atoms with Crippen LogP contribution in [0.4, 0.5) is 0 Å². The van der Waals surface area contributed by atoms with E-state index in [1.165, 1.54) is 0 Å². The maximum absolute atomic E-state index is 8.49. The van der Waals surface area contributed by atoms with Crippen LogP contribution in [-0.2, 0) is 0 Å². The molecule has 0 aromatic rings. The summed E-state index contributed by atoms with van der Waals surface area (Å²) in [6.07, 6.45) is 0. The first-order chi connectivity index (χ1) is 4.72. The highest BCUT2D eigenvalue weighted by molar-refractivity contribution is 5.76. The van der Waals surface area contributed by atoms with Gasteiger partial charge in [0.25, 0.3) is 0 Å². The summed E-state index contributed by atoms with van der Waals surface area (Å²) in [7, 11) is 0. The molecule has 4 nitrogen and oxygen atoms in total. The molecule has 60 valence electrons. The minimum absolute atomic E-state index is 0.0240. The van der Waals surface area contributed by atoms with E-state index in [2.05, 4.69) is 0 Å². The molecule has 0 aliphatic rings. The molecule has 0 aromatic carbocycles. The van der Waals surface area contributed by atoms with Crippen molar-refractivity contribution in [3.8, 4) is 0 Å². The lowest BCUT2D eigenvalue weighted by atomic mass is 10.4. The largest absolute Gasteiger partial charge is 0.395 e. The topological polar surface area (TPSA) is 67.6 Å². The van der Waals surface area contributed by atoms with Crippen molar-refractivity contribution in [1.29, 1.82) is 5.41 Å². The molecule has 0 aromatic heterocycles. The lowest BCUT2D eigenvalue weighted by Crippen LogP contribution is -2.33. The molecule has 0 radical (unpaired) electrons. The normalized spacial score (nSPS) is 9.50. The Morgan fingerprint density at radius 3 is 1.90 bits per heavy atom. The van der Waals surface area contributed by atoms with Crippen LogP contribution in [0.5, 0.6) is 0 Å². The summed E-state index contributed by atoms with van der Waals surface area (Å²) in [5.74, 6) is 0.378. The van der Waals surface area contributed by atoms with E-state index in [1.54, 1.807) is 11.8 Å². The van der Waals surface area contributed by atoms with Crippen LogP contribution < -0.4 is 0 Å². The second-order valence-corrected chi connectivity index (χ2v) is 2.02. The van der Waals surface area contributed by atoms with Gasteiger partial charge in [-0.15, -0.1) is 0 Å². The third-order valence-electron chi connectivity index (χ3n) is 1.21. The van der Waals surface area contributed by atoms with E-state index >= 15 is 0 Å². The Balaban J connectivity index is 3.61. The van der Waals surface area contributed by atoms with Gasteiger partial charge in [-0.25, -0.2) is 0 Å². The van der Waals surface area contributed by atoms with E-state index in [9.17, 15) is 0 Å². The molecular formula is C6H14N2O2. The summed E-state index contributed by atoms with van der Waals surface area (Å²) in [5, 5.41) is 24.1. The number of hydrogen-bond acceptors (Lipinski definition) is 3. The molecule has 0 amide bonds. The molecule has 0 saturated carbocycles. The van der Waals surface area contributed by atoms with Crippen LogP contribution in [0.2, 0.25) is 0 Å². The number of nitrogens with one attached hydrogen (secondary N) is 1. The fraction of sp³-hybridized carbons (Fsp3) is 0.833. The predicted octanol–water partition coefficient (Wildman–Crippen LogP) is -0.730. The van der Waals surface area contributed by atoms with E-state index in [4.69, 9.17) is 15.6 Å². The molecule has 3 N–H and O–H groups in total. The van der Waals surface area contributed by atoms with E-state index < -0.39 is 0 Å². The molecular weight excluding hydrogens is 132 g/mol. The van der Waals surface area contributed by atoms with E-state index in [-0.39, 0.29) is 13.2 Å². The number of aliphatic hydroxyl groups is 2. The molecule has 4 heteroatoms. The van der Waals surface area contributed by atoms with Crippen molar-refractivity contribution in [2.24, 2.45) is 0 Å². The van der Waals surface area contributed by atoms with Crippen LogP contribution in [0.25, 0.3) is 0 Å². The van der Waals surface area contributed by atoms with Crippen molar-refractivity contribution in [1.82, 2.24) is 4.90 Å². The first kappa shape index (κ1) is 9.39. The van der Waals surface area contributed by atoms with Gasteiger partial charge in [-0.05, 0) is 6.92 Å². The molecule has 0 unspecified atom stereocenters. The van der Waals surface area contributed by atoms with Crippen molar-refractivity contribution in [3.05, 3.63) is 0 Å². The molecule has 0 spiro atoms. The molecule has 0 fully saturated rings. The maximum Gasteiger partial charge on any atom is 0.0927 e. The zero-order valence-corrected chi connectivity index (χ0v) is 6.17. The highest BCUT2D eigenvalue weighted by Crippen LogP contribution is 1.86.